The van der Waals surface area contributed by atoms with Crippen LogP contribution in [-0.2, 0) is 4.79 Å². The first-order valence-electron chi connectivity index (χ1n) is 9.29. The fourth-order valence-corrected chi connectivity index (χ4v) is 3.01. The van der Waals surface area contributed by atoms with Crippen molar-refractivity contribution in [2.75, 3.05) is 38.0 Å². The van der Waals surface area contributed by atoms with Gasteiger partial charge in [0.05, 0.1) is 16.7 Å². The topological polar surface area (TPSA) is 115 Å². The summed E-state index contributed by atoms with van der Waals surface area (Å²) in [7, 11) is 0. The number of carbonyl (C=O) groups is 1. The summed E-state index contributed by atoms with van der Waals surface area (Å²) in [5.41, 5.74) is 11.2. The molecule has 0 aliphatic carbocycles. The number of amides is 1. The Morgan fingerprint density at radius 3 is 2.32 bits per heavy atom. The third-order valence-corrected chi connectivity index (χ3v) is 4.32. The van der Waals surface area contributed by atoms with Gasteiger partial charge < -0.3 is 16.0 Å². The van der Waals surface area contributed by atoms with Crippen LogP contribution in [0.3, 0.4) is 0 Å². The number of anilines is 1. The first-order chi connectivity index (χ1) is 13.8. The number of fused-ring (bicyclic) bond motifs is 2. The van der Waals surface area contributed by atoms with Gasteiger partial charge in [-0.15, -0.1) is 0 Å². The lowest BCUT2D eigenvalue weighted by atomic mass is 10.1. The standard InChI is InChI=1S/C20H23N7O/c21-27-25-14-13-23-19(28)9-10-22-11-12-24-20-15-5-1-3-7-17(15)26-18-8-4-2-6-16(18)20/h1-8,22H,9-14H2,(H,23,28)(H,24,26). The molecule has 3 N–H and O–H groups in total. The van der Waals surface area contributed by atoms with Crippen LogP contribution in [0.2, 0.25) is 0 Å². The Morgan fingerprint density at radius 1 is 0.964 bits per heavy atom. The van der Waals surface area contributed by atoms with Crippen LogP contribution in [0.1, 0.15) is 6.42 Å². The molecule has 0 bridgehead atoms. The van der Waals surface area contributed by atoms with E-state index in [0.29, 0.717) is 19.5 Å². The maximum atomic E-state index is 11.6. The fraction of sp³-hybridized carbons (Fsp3) is 0.300. The van der Waals surface area contributed by atoms with Gasteiger partial charge >= 0.3 is 0 Å². The second-order valence-electron chi connectivity index (χ2n) is 6.25. The number of nitrogens with zero attached hydrogens (tertiary/aromatic N) is 4. The van der Waals surface area contributed by atoms with E-state index in [1.54, 1.807) is 0 Å². The summed E-state index contributed by atoms with van der Waals surface area (Å²) >= 11 is 0. The maximum absolute atomic E-state index is 11.6. The highest BCUT2D eigenvalue weighted by atomic mass is 16.1. The third kappa shape index (κ3) is 5.09. The monoisotopic (exact) mass is 377 g/mol. The first kappa shape index (κ1) is 19.4. The van der Waals surface area contributed by atoms with Crippen LogP contribution in [0.5, 0.6) is 0 Å². The molecule has 0 radical (unpaired) electrons. The Balaban J connectivity index is 1.50. The van der Waals surface area contributed by atoms with Crippen molar-refractivity contribution in [2.45, 2.75) is 6.42 Å². The summed E-state index contributed by atoms with van der Waals surface area (Å²) in [6.07, 6.45) is 0.386. The van der Waals surface area contributed by atoms with Crippen LogP contribution in [-0.4, -0.2) is 43.6 Å². The number of carbonyl (C=O) groups excluding carboxylic acids is 1. The Morgan fingerprint density at radius 2 is 1.64 bits per heavy atom. The molecule has 0 saturated carbocycles. The second-order valence-corrected chi connectivity index (χ2v) is 6.25. The van der Waals surface area contributed by atoms with Gasteiger partial charge in [0.25, 0.3) is 0 Å². The Labute approximate surface area is 163 Å². The van der Waals surface area contributed by atoms with Crippen LogP contribution in [0.4, 0.5) is 5.69 Å². The van der Waals surface area contributed by atoms with E-state index >= 15 is 0 Å². The zero-order valence-electron chi connectivity index (χ0n) is 15.6. The SMILES string of the molecule is [N-]=[N+]=NCCNC(=O)CCNCCNc1c2ccccc2nc2ccccc12. The molecule has 144 valence electrons. The zero-order chi connectivity index (χ0) is 19.6. The van der Waals surface area contributed by atoms with Crippen molar-refractivity contribution in [1.29, 1.82) is 0 Å². The highest BCUT2D eigenvalue weighted by Crippen LogP contribution is 2.30. The van der Waals surface area contributed by atoms with Gasteiger partial charge in [0, 0.05) is 54.8 Å². The molecular weight excluding hydrogens is 354 g/mol. The Bertz CT molecular complexity index is 944. The lowest BCUT2D eigenvalue weighted by molar-refractivity contribution is -0.120. The average molecular weight is 377 g/mol. The molecule has 0 fully saturated rings. The summed E-state index contributed by atoms with van der Waals surface area (Å²) in [5, 5.41) is 15.1. The normalized spacial score (nSPS) is 10.6. The van der Waals surface area contributed by atoms with Crippen molar-refractivity contribution in [3.63, 3.8) is 0 Å². The van der Waals surface area contributed by atoms with E-state index in [-0.39, 0.29) is 12.5 Å². The Hall–Kier alpha value is -3.35. The number of benzene rings is 2. The van der Waals surface area contributed by atoms with Crippen molar-refractivity contribution in [2.24, 2.45) is 5.11 Å². The van der Waals surface area contributed by atoms with Crippen molar-refractivity contribution in [1.82, 2.24) is 15.6 Å². The number of hydrogen-bond donors (Lipinski definition) is 3. The molecule has 0 saturated heterocycles. The van der Waals surface area contributed by atoms with Gasteiger partial charge in [0.1, 0.15) is 0 Å². The molecule has 3 aromatic rings. The third-order valence-electron chi connectivity index (χ3n) is 4.32. The quantitative estimate of drug-likeness (QED) is 0.165. The van der Waals surface area contributed by atoms with Crippen LogP contribution in [0, 0.1) is 0 Å². The van der Waals surface area contributed by atoms with Crippen molar-refractivity contribution >= 4 is 33.4 Å². The molecule has 3 rings (SSSR count). The summed E-state index contributed by atoms with van der Waals surface area (Å²) < 4.78 is 0. The first-order valence-corrected chi connectivity index (χ1v) is 9.29. The van der Waals surface area contributed by atoms with Gasteiger partial charge in [-0.05, 0) is 17.7 Å². The smallest absolute Gasteiger partial charge is 0.221 e. The minimum atomic E-state index is -0.0558. The van der Waals surface area contributed by atoms with E-state index < -0.39 is 0 Å². The van der Waals surface area contributed by atoms with Gasteiger partial charge in [-0.1, -0.05) is 41.5 Å². The van der Waals surface area contributed by atoms with E-state index in [2.05, 4.69) is 38.1 Å². The molecule has 8 nitrogen and oxygen atoms in total. The number of rotatable bonds is 10. The van der Waals surface area contributed by atoms with Crippen LogP contribution < -0.4 is 16.0 Å². The lowest BCUT2D eigenvalue weighted by Gasteiger charge is -2.13. The molecule has 28 heavy (non-hydrogen) atoms. The van der Waals surface area contributed by atoms with Crippen molar-refractivity contribution < 1.29 is 4.79 Å². The summed E-state index contributed by atoms with van der Waals surface area (Å²) in [6, 6.07) is 16.2. The minimum Gasteiger partial charge on any atom is -0.383 e. The number of nitrogens with one attached hydrogen (secondary N) is 3. The predicted octanol–water partition coefficient (Wildman–Crippen LogP) is 3.21. The predicted molar refractivity (Wildman–Crippen MR) is 112 cm³/mol. The molecule has 0 aliphatic heterocycles. The second kappa shape index (κ2) is 10.1. The van der Waals surface area contributed by atoms with Gasteiger partial charge in [-0.25, -0.2) is 4.98 Å². The van der Waals surface area contributed by atoms with Gasteiger partial charge in [-0.3, -0.25) is 4.79 Å². The van der Waals surface area contributed by atoms with Crippen LogP contribution >= 0.6 is 0 Å². The average Bonchev–Trinajstić information content (AvgIpc) is 2.73. The lowest BCUT2D eigenvalue weighted by Crippen LogP contribution is -2.31. The van der Waals surface area contributed by atoms with Gasteiger partial charge in [-0.2, -0.15) is 0 Å². The van der Waals surface area contributed by atoms with Crippen LogP contribution in [0.15, 0.2) is 53.6 Å². The van der Waals surface area contributed by atoms with E-state index in [0.717, 1.165) is 40.6 Å². The molecule has 0 unspecified atom stereocenters. The van der Waals surface area contributed by atoms with Crippen molar-refractivity contribution in [3.8, 4) is 0 Å². The molecule has 1 aromatic heterocycles. The highest BCUT2D eigenvalue weighted by Gasteiger charge is 2.08. The molecular formula is C20H23N7O. The largest absolute Gasteiger partial charge is 0.383 e. The Kier molecular flexibility index (Phi) is 7.01. The highest BCUT2D eigenvalue weighted by molar-refractivity contribution is 6.07. The number of hydrogen-bond acceptors (Lipinski definition) is 5. The van der Waals surface area contributed by atoms with Gasteiger partial charge in [0.15, 0.2) is 0 Å². The number of para-hydroxylation sites is 2. The van der Waals surface area contributed by atoms with E-state index in [9.17, 15) is 4.79 Å². The van der Waals surface area contributed by atoms with E-state index in [1.807, 2.05) is 36.4 Å². The summed E-state index contributed by atoms with van der Waals surface area (Å²) in [6.45, 7) is 2.69. The molecule has 0 aliphatic rings. The molecule has 8 heteroatoms. The minimum absolute atomic E-state index is 0.0558. The fourth-order valence-electron chi connectivity index (χ4n) is 3.01. The van der Waals surface area contributed by atoms with Gasteiger partial charge in [0.2, 0.25) is 5.91 Å². The zero-order valence-corrected chi connectivity index (χ0v) is 15.6. The molecule has 2 aromatic carbocycles. The van der Waals surface area contributed by atoms with E-state index in [4.69, 9.17) is 10.5 Å². The van der Waals surface area contributed by atoms with Crippen LogP contribution in [0.25, 0.3) is 32.2 Å². The number of pyridine rings is 1. The van der Waals surface area contributed by atoms with E-state index in [1.165, 1.54) is 0 Å². The maximum Gasteiger partial charge on any atom is 0.221 e. The molecule has 0 spiro atoms. The van der Waals surface area contributed by atoms with Crippen molar-refractivity contribution in [3.05, 3.63) is 59.0 Å². The number of azide groups is 1. The molecule has 1 amide bonds. The summed E-state index contributed by atoms with van der Waals surface area (Å²) in [4.78, 5) is 19.0. The number of aromatic nitrogens is 1. The summed E-state index contributed by atoms with van der Waals surface area (Å²) in [5.74, 6) is -0.0558. The molecule has 0 atom stereocenters. The molecule has 1 heterocycles.